The number of carbonyl (C=O) groups excluding carboxylic acids is 3. The van der Waals surface area contributed by atoms with E-state index in [1.165, 1.54) is 85.3 Å². The predicted octanol–water partition coefficient (Wildman–Crippen LogP) is 17.9. The Labute approximate surface area is 870 Å². The third-order valence-corrected chi connectivity index (χ3v) is 31.2. The monoisotopic (exact) mass is 2080 g/mol. The van der Waals surface area contributed by atoms with Gasteiger partial charge in [-0.05, 0) is 148 Å². The van der Waals surface area contributed by atoms with Crippen LogP contribution in [0.5, 0.6) is 11.5 Å². The first-order valence-electron chi connectivity index (χ1n) is 50.6. The van der Waals surface area contributed by atoms with Gasteiger partial charge in [0.25, 0.3) is 16.7 Å². The van der Waals surface area contributed by atoms with E-state index >= 15 is 27.2 Å². The van der Waals surface area contributed by atoms with E-state index in [9.17, 15) is 33.6 Å². The Kier molecular flexibility index (Phi) is 27.0. The zero-order valence-corrected chi connectivity index (χ0v) is 89.1. The molecule has 6 aliphatic rings. The second-order valence-electron chi connectivity index (χ2n) is 42.0. The number of aromatic amines is 3. The Morgan fingerprint density at radius 1 is 0.393 bits per heavy atom. The summed E-state index contributed by atoms with van der Waals surface area (Å²) in [5.41, 5.74) is 10.3. The zero-order chi connectivity index (χ0) is 108. The normalized spacial score (nSPS) is 17.5. The van der Waals surface area contributed by atoms with Crippen LogP contribution in [-0.4, -0.2) is 193 Å². The molecule has 15 aromatic rings. The number of ether oxygens (including phenoxy) is 2. The van der Waals surface area contributed by atoms with Crippen LogP contribution in [0.2, 0.25) is 10.0 Å². The lowest BCUT2D eigenvalue weighted by molar-refractivity contribution is -0.129. The maximum Gasteiger partial charge on any atom is 0.326 e. The minimum Gasteiger partial charge on any atom is -0.486 e. The lowest BCUT2D eigenvalue weighted by atomic mass is 9.94. The number of fused-ring (bicyclic) bond motifs is 18. The van der Waals surface area contributed by atoms with Gasteiger partial charge in [-0.15, -0.1) is 0 Å². The lowest BCUT2D eigenvalue weighted by Crippen LogP contribution is -2.62. The number of piperazine rings is 3. The van der Waals surface area contributed by atoms with Crippen molar-refractivity contribution in [3.8, 4) is 61.9 Å². The van der Waals surface area contributed by atoms with Crippen LogP contribution in [0.1, 0.15) is 202 Å². The number of halogens is 6. The number of amides is 3. The van der Waals surface area contributed by atoms with Gasteiger partial charge in [0, 0.05) is 141 Å². The van der Waals surface area contributed by atoms with Crippen molar-refractivity contribution in [2.75, 3.05) is 67.2 Å². The molecule has 3 fully saturated rings. The summed E-state index contributed by atoms with van der Waals surface area (Å²) in [5.74, 6) is -4.41. The summed E-state index contributed by atoms with van der Waals surface area (Å²) in [5, 5.41) is 1.03. The van der Waals surface area contributed by atoms with Crippen LogP contribution in [0.3, 0.4) is 0 Å². The topological polar surface area (TPSA) is 346 Å². The van der Waals surface area contributed by atoms with Crippen molar-refractivity contribution in [1.29, 1.82) is 0 Å². The Morgan fingerprint density at radius 3 is 1.07 bits per heavy atom. The molecule has 3 N–H and O–H groups in total. The van der Waals surface area contributed by atoms with E-state index in [1.54, 1.807) is 70.6 Å². The van der Waals surface area contributed by atoms with Crippen LogP contribution >= 0.6 is 23.2 Å². The predicted molar refractivity (Wildman–Crippen MR) is 578 cm³/mol. The fourth-order valence-corrected chi connectivity index (χ4v) is 24.0. The second-order valence-corrected chi connectivity index (χ2v) is 42.7. The maximum atomic E-state index is 17.9. The summed E-state index contributed by atoms with van der Waals surface area (Å²) in [6.45, 7) is 48.2. The summed E-state index contributed by atoms with van der Waals surface area (Å²) < 4.78 is 90.0. The Balaban J connectivity index is 0.000000141. The van der Waals surface area contributed by atoms with Gasteiger partial charge in [-0.3, -0.25) is 56.2 Å². The number of rotatable bonds is 15. The van der Waals surface area contributed by atoms with E-state index in [2.05, 4.69) is 74.4 Å². The number of nitrogens with one attached hydrogen (secondary N) is 3. The molecule has 150 heavy (non-hydrogen) atoms. The average Bonchev–Trinajstić information content (AvgIpc) is 1.67. The molecule has 6 atom stereocenters. The maximum absolute atomic E-state index is 17.9. The smallest absolute Gasteiger partial charge is 0.326 e. The highest BCUT2D eigenvalue weighted by Crippen LogP contribution is 2.53. The molecular weight excluding hydrogens is 1960 g/mol. The van der Waals surface area contributed by atoms with E-state index in [0.29, 0.717) is 184 Å². The molecule has 780 valence electrons. The highest BCUT2D eigenvalue weighted by molar-refractivity contribution is 6.40. The van der Waals surface area contributed by atoms with Gasteiger partial charge in [-0.2, -0.15) is 0 Å². The van der Waals surface area contributed by atoms with Gasteiger partial charge in [0.05, 0.1) is 158 Å². The summed E-state index contributed by atoms with van der Waals surface area (Å²) in [7, 11) is 4.78. The van der Waals surface area contributed by atoms with E-state index in [1.807, 2.05) is 129 Å². The highest BCUT2D eigenvalue weighted by Gasteiger charge is 2.48. The van der Waals surface area contributed by atoms with Crippen LogP contribution in [0, 0.1) is 44.0 Å². The summed E-state index contributed by atoms with van der Waals surface area (Å²) in [6, 6.07) is 13.2. The molecule has 6 aliphatic heterocycles. The van der Waals surface area contributed by atoms with Gasteiger partial charge in [0.2, 0.25) is 29.2 Å². The first-order chi connectivity index (χ1) is 71.3. The number of pyridine rings is 3. The first kappa shape index (κ1) is 103. The minimum atomic E-state index is -0.979. The van der Waals surface area contributed by atoms with E-state index in [4.69, 9.17) is 32.7 Å². The third-order valence-electron chi connectivity index (χ3n) is 30.4. The van der Waals surface area contributed by atoms with Crippen molar-refractivity contribution in [3.63, 3.8) is 0 Å². The van der Waals surface area contributed by atoms with Gasteiger partial charge in [-0.25, -0.2) is 61.8 Å². The number of H-pyrrole nitrogens is 3. The van der Waals surface area contributed by atoms with Crippen LogP contribution < -0.4 is 57.9 Å². The van der Waals surface area contributed by atoms with Crippen LogP contribution in [0.15, 0.2) is 140 Å². The Morgan fingerprint density at radius 2 is 0.700 bits per heavy atom. The molecule has 3 saturated heterocycles. The first-order valence-corrected chi connectivity index (χ1v) is 51.3. The zero-order valence-electron chi connectivity index (χ0n) is 87.6. The van der Waals surface area contributed by atoms with Crippen LogP contribution in [-0.2, 0) is 41.9 Å². The van der Waals surface area contributed by atoms with Crippen LogP contribution in [0.25, 0.3) is 116 Å². The second kappa shape index (κ2) is 39.1. The molecule has 0 aliphatic carbocycles. The number of hydrogen-bond acceptors (Lipinski definition) is 20. The number of aryl methyl sites for hydroxylation is 6. The fraction of sp³-hybridized carbons (Fsp3) is 0.384. The highest BCUT2D eigenvalue weighted by atomic mass is 35.5. The summed E-state index contributed by atoms with van der Waals surface area (Å²) in [4.78, 5) is 169. The molecule has 6 aromatic carbocycles. The molecule has 0 saturated carbocycles. The molecule has 9 aromatic heterocycles. The number of carbonyl (C=O) groups is 3. The molecule has 32 nitrogen and oxygen atoms in total. The van der Waals surface area contributed by atoms with Crippen molar-refractivity contribution in [3.05, 3.63) is 264 Å². The van der Waals surface area contributed by atoms with E-state index in [0.717, 1.165) is 0 Å². The van der Waals surface area contributed by atoms with Crippen molar-refractivity contribution in [2.24, 2.45) is 21.1 Å². The van der Waals surface area contributed by atoms with Crippen molar-refractivity contribution in [1.82, 2.24) is 87.0 Å². The molecule has 0 bridgehead atoms. The van der Waals surface area contributed by atoms with Gasteiger partial charge in [0.15, 0.2) is 5.82 Å². The number of aromatic nitrogens is 15. The Bertz CT molecular complexity index is 8620. The standard InChI is InChI=1S/C38H41ClFN7O4.C37H39ClFN7O3.C37H39F2N7O4/c1-9-26(48)45-16-22-12-13-51-36-33(46(22)15-21(45)7)23-14-24(40)28(27-20(6)10-11-25-34(27)44(8)38(50)43-25)29(39)32(23)47(37(36)49)35-30(18(2)3)41-17-42-31(35)19(4)5;1-9-26(47)44-15-21-12-23-32(45(21)14-20(44)7)22-13-24(39)28(27-19(6)10-11-25-34(27)43(8)37(49)42-25)29(38)33(22)46(36(23)48)35-30(17(2)3)40-16-41-31(35)18(4)5;1-9-25(47)44-14-21-15-50-35-32(45(21)13-20(44)7)22-12-23(38)27(26-19(6)10-11-24-33(26)43(8)37(49)42-24)28(39)31(22)46(36(35)48)34-29(17(2)3)40-16-41-30(34)18(4)5/h9-11,14,17-19,21-22H,1,12-13,15-16H2,2-8H3,(H,43,50);9-11,13,16-18,20-21H,1,12,14-15H2,2-8H3,(H,42,49);9-12,16-18,20-21H,1,13-15H2,2-8H3,(H,42,49). The lowest BCUT2D eigenvalue weighted by Gasteiger charge is -2.48. The van der Waals surface area contributed by atoms with E-state index in [-0.39, 0.29) is 193 Å². The van der Waals surface area contributed by atoms with Gasteiger partial charge in [-0.1, -0.05) is 144 Å². The van der Waals surface area contributed by atoms with Gasteiger partial charge in [0.1, 0.15) is 43.0 Å². The van der Waals surface area contributed by atoms with E-state index < -0.39 is 46.1 Å². The number of benzene rings is 6. The Hall–Kier alpha value is -15.1. The van der Waals surface area contributed by atoms with Gasteiger partial charge < -0.3 is 53.8 Å². The van der Waals surface area contributed by atoms with Crippen LogP contribution in [0.4, 0.5) is 34.6 Å². The number of hydrogen-bond donors (Lipinski definition) is 3. The molecule has 0 spiro atoms. The minimum absolute atomic E-state index is 0.00303. The van der Waals surface area contributed by atoms with Crippen molar-refractivity contribution in [2.45, 2.75) is 209 Å². The third kappa shape index (κ3) is 16.5. The quantitative estimate of drug-likeness (QED) is 0.0634. The van der Waals surface area contributed by atoms with Crippen molar-refractivity contribution < 1.29 is 41.4 Å². The molecular formula is C112H119Cl2F4N21O11. The average molecular weight is 2080 g/mol. The van der Waals surface area contributed by atoms with Crippen molar-refractivity contribution >= 4 is 124 Å². The molecule has 21 rings (SSSR count). The largest absolute Gasteiger partial charge is 0.486 e. The van der Waals surface area contributed by atoms with Gasteiger partial charge >= 0.3 is 17.1 Å². The molecule has 0 radical (unpaired) electrons. The molecule has 15 heterocycles. The molecule has 3 amide bonds. The molecule has 38 heteroatoms. The molecule has 6 unspecified atom stereocenters. The number of imidazole rings is 3. The fourth-order valence-electron chi connectivity index (χ4n) is 23.2. The summed E-state index contributed by atoms with van der Waals surface area (Å²) in [6.07, 6.45) is 9.21. The summed E-state index contributed by atoms with van der Waals surface area (Å²) >= 11 is 15.0. The SMILES string of the molecule is C=CC(=O)N1CC2CCOc3c(c4cc(F)c(-c5c(C)ccc6[nH]c(=O)n(C)c56)c(Cl)c4n(-c4c(C(C)C)ncnc4C(C)C)c3=O)N2CC1C.C=CC(=O)N1CC2COc3c(c4cc(F)c(-c5c(C)ccc6[nH]c(=O)n(C)c56)c(F)c4n(-c4c(C(C)C)ncnc4C(C)C)c3=O)N2CC1C.C=CC(=O)N1CC2Cc3c(c4cc(F)c(-c5c(C)ccc6[nH]c(=O)n(C)c56)c(Cl)c4n(-c4c(C(C)C)ncnc4C(C)C)c3=O)N2CC1C. The number of nitrogens with zero attached hydrogens (tertiary/aromatic N) is 18. The number of anilines is 3.